The van der Waals surface area contributed by atoms with Gasteiger partial charge in [-0.25, -0.2) is 0 Å². The van der Waals surface area contributed by atoms with E-state index < -0.39 is 0 Å². The van der Waals surface area contributed by atoms with E-state index in [2.05, 4.69) is 21.0 Å². The Bertz CT molecular complexity index is 248. The Morgan fingerprint density at radius 1 is 1.91 bits per heavy atom. The van der Waals surface area contributed by atoms with Crippen LogP contribution in [0.1, 0.15) is 11.7 Å². The van der Waals surface area contributed by atoms with Gasteiger partial charge < -0.3 is 10.8 Å². The number of aliphatic hydroxyl groups excluding tert-OH is 1. The molecule has 0 saturated carbocycles. The van der Waals surface area contributed by atoms with Gasteiger partial charge in [0.15, 0.2) is 0 Å². The first-order chi connectivity index (χ1) is 5.15. The number of nitrogens with zero attached hydrogens (tertiary/aromatic N) is 2. The third-order valence-corrected chi connectivity index (χ3v) is 1.85. The minimum atomic E-state index is -0.348. The average molecular weight is 220 g/mol. The average Bonchev–Trinajstić information content (AvgIpc) is 2.28. The molecule has 0 aliphatic heterocycles. The van der Waals surface area contributed by atoms with Gasteiger partial charge in [0.2, 0.25) is 0 Å². The minimum Gasteiger partial charge on any atom is -0.394 e. The third kappa shape index (κ3) is 1.79. The van der Waals surface area contributed by atoms with E-state index in [-0.39, 0.29) is 12.6 Å². The van der Waals surface area contributed by atoms with Crippen molar-refractivity contribution in [2.75, 3.05) is 6.61 Å². The van der Waals surface area contributed by atoms with Crippen molar-refractivity contribution in [2.45, 2.75) is 6.04 Å². The van der Waals surface area contributed by atoms with Gasteiger partial charge in [0.25, 0.3) is 0 Å². The highest BCUT2D eigenvalue weighted by Crippen LogP contribution is 2.14. The molecule has 0 fully saturated rings. The minimum absolute atomic E-state index is 0.0635. The van der Waals surface area contributed by atoms with E-state index in [1.807, 2.05) is 0 Å². The zero-order chi connectivity index (χ0) is 8.43. The van der Waals surface area contributed by atoms with E-state index in [4.69, 9.17) is 10.8 Å². The molecule has 0 spiro atoms. The van der Waals surface area contributed by atoms with E-state index in [9.17, 15) is 0 Å². The smallest absolute Gasteiger partial charge is 0.128 e. The zero-order valence-corrected chi connectivity index (χ0v) is 7.74. The molecule has 0 saturated heterocycles. The standard InChI is InChI=1S/C6H10BrN3O/c1-10-5(4(8)3-11)2-6(7)9-10/h2,4,11H,3,8H2,1H3/t4-/m1/s1. The summed E-state index contributed by atoms with van der Waals surface area (Å²) in [4.78, 5) is 0. The second-order valence-corrected chi connectivity index (χ2v) is 3.12. The van der Waals surface area contributed by atoms with Crippen molar-refractivity contribution in [3.8, 4) is 0 Å². The summed E-state index contributed by atoms with van der Waals surface area (Å²) in [6, 6.07) is 1.44. The molecule has 11 heavy (non-hydrogen) atoms. The predicted octanol–water partition coefficient (Wildman–Crippen LogP) is 0.175. The second kappa shape index (κ2) is 3.34. The highest BCUT2D eigenvalue weighted by molar-refractivity contribution is 9.10. The van der Waals surface area contributed by atoms with Crippen LogP contribution in [0.2, 0.25) is 0 Å². The summed E-state index contributed by atoms with van der Waals surface area (Å²) in [5.41, 5.74) is 6.40. The zero-order valence-electron chi connectivity index (χ0n) is 6.16. The molecule has 0 radical (unpaired) electrons. The molecule has 0 aromatic carbocycles. The van der Waals surface area contributed by atoms with Crippen molar-refractivity contribution >= 4 is 15.9 Å². The van der Waals surface area contributed by atoms with Gasteiger partial charge in [-0.05, 0) is 22.0 Å². The molecule has 62 valence electrons. The molecule has 5 heteroatoms. The van der Waals surface area contributed by atoms with Crippen molar-refractivity contribution in [3.05, 3.63) is 16.4 Å². The number of aromatic nitrogens is 2. The summed E-state index contributed by atoms with van der Waals surface area (Å²) in [5, 5.41) is 12.8. The SMILES string of the molecule is Cn1nc(Br)cc1[C@H](N)CO. The van der Waals surface area contributed by atoms with Gasteiger partial charge >= 0.3 is 0 Å². The topological polar surface area (TPSA) is 64.1 Å². The lowest BCUT2D eigenvalue weighted by atomic mass is 10.2. The highest BCUT2D eigenvalue weighted by Gasteiger charge is 2.09. The van der Waals surface area contributed by atoms with Crippen molar-refractivity contribution in [2.24, 2.45) is 12.8 Å². The van der Waals surface area contributed by atoms with Gasteiger partial charge in [0, 0.05) is 7.05 Å². The lowest BCUT2D eigenvalue weighted by molar-refractivity contribution is 0.263. The van der Waals surface area contributed by atoms with Crippen LogP contribution in [0.3, 0.4) is 0 Å². The molecule has 1 heterocycles. The Kier molecular flexibility index (Phi) is 2.64. The first-order valence-corrected chi connectivity index (χ1v) is 4.00. The van der Waals surface area contributed by atoms with Gasteiger partial charge in [-0.15, -0.1) is 0 Å². The molecule has 3 N–H and O–H groups in total. The van der Waals surface area contributed by atoms with Crippen LogP contribution in [0, 0.1) is 0 Å². The summed E-state index contributed by atoms with van der Waals surface area (Å²) in [6.45, 7) is -0.0635. The van der Waals surface area contributed by atoms with Crippen molar-refractivity contribution in [1.82, 2.24) is 9.78 Å². The monoisotopic (exact) mass is 219 g/mol. The van der Waals surface area contributed by atoms with Gasteiger partial charge in [0.1, 0.15) is 4.60 Å². The van der Waals surface area contributed by atoms with Crippen molar-refractivity contribution < 1.29 is 5.11 Å². The van der Waals surface area contributed by atoms with Crippen molar-refractivity contribution in [1.29, 1.82) is 0 Å². The largest absolute Gasteiger partial charge is 0.394 e. The van der Waals surface area contributed by atoms with Crippen LogP contribution in [0.4, 0.5) is 0 Å². The Labute approximate surface area is 73.1 Å². The van der Waals surface area contributed by atoms with E-state index in [1.54, 1.807) is 17.8 Å². The highest BCUT2D eigenvalue weighted by atomic mass is 79.9. The van der Waals surface area contributed by atoms with Crippen LogP contribution >= 0.6 is 15.9 Å². The normalized spacial score (nSPS) is 13.5. The maximum atomic E-state index is 8.74. The molecule has 1 aromatic heterocycles. The molecule has 0 unspecified atom stereocenters. The summed E-state index contributed by atoms with van der Waals surface area (Å²) in [7, 11) is 1.79. The maximum absolute atomic E-state index is 8.74. The molecule has 0 amide bonds. The Balaban J connectivity index is 2.93. The molecule has 1 atom stereocenters. The molecular weight excluding hydrogens is 210 g/mol. The number of halogens is 1. The van der Waals surface area contributed by atoms with E-state index in [0.717, 1.165) is 10.3 Å². The number of aryl methyl sites for hydroxylation is 1. The quantitative estimate of drug-likeness (QED) is 0.746. The van der Waals surface area contributed by atoms with E-state index in [1.165, 1.54) is 0 Å². The van der Waals surface area contributed by atoms with Crippen LogP contribution in [-0.2, 0) is 7.05 Å². The Hall–Kier alpha value is -0.390. The first-order valence-electron chi connectivity index (χ1n) is 3.21. The molecule has 0 bridgehead atoms. The fourth-order valence-electron chi connectivity index (χ4n) is 0.886. The van der Waals surface area contributed by atoms with Crippen LogP contribution in [0.5, 0.6) is 0 Å². The van der Waals surface area contributed by atoms with Gasteiger partial charge in [-0.3, -0.25) is 4.68 Å². The molecular formula is C6H10BrN3O. The Morgan fingerprint density at radius 3 is 2.91 bits per heavy atom. The number of aliphatic hydroxyl groups is 1. The second-order valence-electron chi connectivity index (χ2n) is 2.30. The van der Waals surface area contributed by atoms with Gasteiger partial charge in [-0.2, -0.15) is 5.10 Å². The lowest BCUT2D eigenvalue weighted by Crippen LogP contribution is -2.17. The van der Waals surface area contributed by atoms with Crippen LogP contribution < -0.4 is 5.73 Å². The first kappa shape index (κ1) is 8.70. The molecule has 0 aliphatic rings. The number of hydrogen-bond donors (Lipinski definition) is 2. The molecule has 1 aromatic rings. The van der Waals surface area contributed by atoms with Gasteiger partial charge in [-0.1, -0.05) is 0 Å². The van der Waals surface area contributed by atoms with Crippen LogP contribution in [-0.4, -0.2) is 21.5 Å². The van der Waals surface area contributed by atoms with E-state index >= 15 is 0 Å². The molecule has 0 aliphatic carbocycles. The van der Waals surface area contributed by atoms with Crippen molar-refractivity contribution in [3.63, 3.8) is 0 Å². The lowest BCUT2D eigenvalue weighted by Gasteiger charge is -2.06. The number of nitrogens with two attached hydrogens (primary N) is 1. The predicted molar refractivity (Wildman–Crippen MR) is 44.9 cm³/mol. The fourth-order valence-corrected chi connectivity index (χ4v) is 1.36. The number of rotatable bonds is 2. The molecule has 1 rings (SSSR count). The number of hydrogen-bond acceptors (Lipinski definition) is 3. The van der Waals surface area contributed by atoms with Crippen LogP contribution in [0.15, 0.2) is 10.7 Å². The summed E-state index contributed by atoms with van der Waals surface area (Å²) in [6.07, 6.45) is 0. The van der Waals surface area contributed by atoms with Gasteiger partial charge in [0.05, 0.1) is 18.3 Å². The third-order valence-electron chi connectivity index (χ3n) is 1.46. The Morgan fingerprint density at radius 2 is 2.55 bits per heavy atom. The maximum Gasteiger partial charge on any atom is 0.128 e. The van der Waals surface area contributed by atoms with E-state index in [0.29, 0.717) is 0 Å². The fraction of sp³-hybridized carbons (Fsp3) is 0.500. The summed E-state index contributed by atoms with van der Waals surface area (Å²) in [5.74, 6) is 0. The summed E-state index contributed by atoms with van der Waals surface area (Å²) < 4.78 is 2.38. The summed E-state index contributed by atoms with van der Waals surface area (Å²) >= 11 is 3.21. The molecule has 4 nitrogen and oxygen atoms in total. The van der Waals surface area contributed by atoms with Crippen LogP contribution in [0.25, 0.3) is 0 Å².